The lowest BCUT2D eigenvalue weighted by Crippen LogP contribution is -2.31. The van der Waals surface area contributed by atoms with E-state index in [1.165, 1.54) is 19.4 Å². The summed E-state index contributed by atoms with van der Waals surface area (Å²) in [7, 11) is 0.500. The van der Waals surface area contributed by atoms with Crippen LogP contribution in [0.5, 0.6) is 0 Å². The zero-order chi connectivity index (χ0) is 9.33. The summed E-state index contributed by atoms with van der Waals surface area (Å²) in [6, 6.07) is 0. The lowest BCUT2D eigenvalue weighted by Gasteiger charge is -2.15. The van der Waals surface area contributed by atoms with Crippen molar-refractivity contribution in [3.63, 3.8) is 0 Å². The van der Waals surface area contributed by atoms with Crippen molar-refractivity contribution >= 4 is 0 Å². The Balaban J connectivity index is 0. The molecular weight excluding hydrogens is 141 g/mol. The smallest absolute Gasteiger partial charge is 0.0785 e. The van der Waals surface area contributed by atoms with E-state index in [1.807, 2.05) is 13.8 Å². The van der Waals surface area contributed by atoms with Crippen molar-refractivity contribution in [3.8, 4) is 0 Å². The standard InChI is InChI=1S/C6H13N.C2H6.CH3F/c1-6(2)4-3-5-7-6;2*1-2/h7H,3-5H2,1-2H3;1-2H3;1H3. The van der Waals surface area contributed by atoms with Gasteiger partial charge in [0.15, 0.2) is 0 Å². The Hall–Kier alpha value is -0.110. The minimum atomic E-state index is 0.444. The average Bonchev–Trinajstić information content (AvgIpc) is 2.43. The lowest BCUT2D eigenvalue weighted by atomic mass is 10.0. The number of rotatable bonds is 0. The molecule has 0 aromatic carbocycles. The molecule has 0 aliphatic carbocycles. The van der Waals surface area contributed by atoms with Gasteiger partial charge in [0.1, 0.15) is 0 Å². The number of hydrogen-bond donors (Lipinski definition) is 1. The topological polar surface area (TPSA) is 12.0 Å². The molecule has 1 aliphatic rings. The van der Waals surface area contributed by atoms with Gasteiger partial charge in [-0.15, -0.1) is 0 Å². The van der Waals surface area contributed by atoms with Crippen molar-refractivity contribution in [2.24, 2.45) is 0 Å². The highest BCUT2D eigenvalue weighted by atomic mass is 19.1. The molecule has 0 spiro atoms. The van der Waals surface area contributed by atoms with Crippen LogP contribution >= 0.6 is 0 Å². The molecule has 1 aliphatic heterocycles. The maximum atomic E-state index is 9.50. The van der Waals surface area contributed by atoms with E-state index in [2.05, 4.69) is 19.2 Å². The number of nitrogens with one attached hydrogen (secondary N) is 1. The molecule has 1 nitrogen and oxygen atoms in total. The van der Waals surface area contributed by atoms with Gasteiger partial charge in [-0.25, -0.2) is 0 Å². The van der Waals surface area contributed by atoms with Crippen molar-refractivity contribution in [1.29, 1.82) is 0 Å². The molecule has 0 unspecified atom stereocenters. The molecule has 0 aromatic heterocycles. The first-order chi connectivity index (χ1) is 5.21. The normalized spacial score (nSPS) is 19.1. The van der Waals surface area contributed by atoms with Crippen LogP contribution in [0.25, 0.3) is 0 Å². The first kappa shape index (κ1) is 13.5. The van der Waals surface area contributed by atoms with Crippen LogP contribution in [0.15, 0.2) is 0 Å². The van der Waals surface area contributed by atoms with Gasteiger partial charge in [0.05, 0.1) is 7.18 Å². The average molecular weight is 163 g/mol. The zero-order valence-electron chi connectivity index (χ0n) is 8.50. The molecule has 1 saturated heterocycles. The van der Waals surface area contributed by atoms with Crippen LogP contribution in [0.3, 0.4) is 0 Å². The third-order valence-electron chi connectivity index (χ3n) is 1.58. The van der Waals surface area contributed by atoms with E-state index in [-0.39, 0.29) is 0 Å². The summed E-state index contributed by atoms with van der Waals surface area (Å²) in [5, 5.41) is 3.40. The van der Waals surface area contributed by atoms with E-state index in [0.717, 1.165) is 0 Å². The molecule has 0 aromatic rings. The van der Waals surface area contributed by atoms with Crippen LogP contribution in [0.1, 0.15) is 40.5 Å². The van der Waals surface area contributed by atoms with E-state index in [9.17, 15) is 4.39 Å². The largest absolute Gasteiger partial charge is 0.312 e. The molecule has 1 N–H and O–H groups in total. The summed E-state index contributed by atoms with van der Waals surface area (Å²) in [4.78, 5) is 0. The second-order valence-corrected chi connectivity index (χ2v) is 2.91. The fourth-order valence-electron chi connectivity index (χ4n) is 1.05. The minimum absolute atomic E-state index is 0.444. The van der Waals surface area contributed by atoms with Crippen molar-refractivity contribution in [2.75, 3.05) is 13.7 Å². The third-order valence-corrected chi connectivity index (χ3v) is 1.58. The van der Waals surface area contributed by atoms with Crippen LogP contribution in [-0.4, -0.2) is 19.3 Å². The highest BCUT2D eigenvalue weighted by molar-refractivity contribution is 4.82. The molecule has 0 saturated carbocycles. The Kier molecular flexibility index (Phi) is 9.79. The van der Waals surface area contributed by atoms with E-state index in [1.54, 1.807) is 0 Å². The Labute approximate surface area is 70.4 Å². The summed E-state index contributed by atoms with van der Waals surface area (Å²) >= 11 is 0. The van der Waals surface area contributed by atoms with Crippen LogP contribution in [0.4, 0.5) is 4.39 Å². The van der Waals surface area contributed by atoms with Crippen molar-refractivity contribution in [2.45, 2.75) is 46.1 Å². The minimum Gasteiger partial charge on any atom is -0.312 e. The molecule has 0 radical (unpaired) electrons. The molecule has 1 fully saturated rings. The maximum absolute atomic E-state index is 9.50. The molecular formula is C9H22FN. The van der Waals surface area contributed by atoms with Gasteiger partial charge < -0.3 is 5.32 Å². The molecule has 70 valence electrons. The molecule has 0 atom stereocenters. The van der Waals surface area contributed by atoms with Gasteiger partial charge in [0.25, 0.3) is 0 Å². The summed E-state index contributed by atoms with van der Waals surface area (Å²) < 4.78 is 9.50. The predicted octanol–water partition coefficient (Wildman–Crippen LogP) is 2.76. The second kappa shape index (κ2) is 7.99. The van der Waals surface area contributed by atoms with Gasteiger partial charge >= 0.3 is 0 Å². The maximum Gasteiger partial charge on any atom is 0.0785 e. The van der Waals surface area contributed by atoms with Crippen LogP contribution in [-0.2, 0) is 0 Å². The molecule has 11 heavy (non-hydrogen) atoms. The van der Waals surface area contributed by atoms with E-state index >= 15 is 0 Å². The van der Waals surface area contributed by atoms with Crippen LogP contribution in [0, 0.1) is 0 Å². The predicted molar refractivity (Wildman–Crippen MR) is 49.7 cm³/mol. The Morgan fingerprint density at radius 1 is 1.18 bits per heavy atom. The van der Waals surface area contributed by atoms with Gasteiger partial charge in [0, 0.05) is 5.54 Å². The van der Waals surface area contributed by atoms with E-state index in [0.29, 0.717) is 12.7 Å². The fraction of sp³-hybridized carbons (Fsp3) is 1.00. The highest BCUT2D eigenvalue weighted by Crippen LogP contribution is 2.15. The molecule has 1 heterocycles. The number of alkyl halides is 1. The van der Waals surface area contributed by atoms with Gasteiger partial charge in [-0.05, 0) is 33.2 Å². The second-order valence-electron chi connectivity index (χ2n) is 2.91. The SMILES string of the molecule is CC.CC1(C)CCCN1.CF. The van der Waals surface area contributed by atoms with Crippen LogP contribution < -0.4 is 5.32 Å². The van der Waals surface area contributed by atoms with E-state index in [4.69, 9.17) is 0 Å². The monoisotopic (exact) mass is 163 g/mol. The number of hydrogen-bond acceptors (Lipinski definition) is 1. The molecule has 0 amide bonds. The van der Waals surface area contributed by atoms with Gasteiger partial charge in [-0.3, -0.25) is 4.39 Å². The number of halogens is 1. The van der Waals surface area contributed by atoms with Gasteiger partial charge in [-0.1, -0.05) is 13.8 Å². The molecule has 1 rings (SSSR count). The molecule has 0 bridgehead atoms. The van der Waals surface area contributed by atoms with Crippen LogP contribution in [0.2, 0.25) is 0 Å². The Bertz CT molecular complexity index is 64.0. The summed E-state index contributed by atoms with van der Waals surface area (Å²) in [5.41, 5.74) is 0.444. The Morgan fingerprint density at radius 3 is 1.73 bits per heavy atom. The zero-order valence-corrected chi connectivity index (χ0v) is 8.50. The van der Waals surface area contributed by atoms with Crippen molar-refractivity contribution < 1.29 is 4.39 Å². The Morgan fingerprint density at radius 2 is 1.64 bits per heavy atom. The van der Waals surface area contributed by atoms with Gasteiger partial charge in [0.2, 0.25) is 0 Å². The quantitative estimate of drug-likeness (QED) is 0.579. The van der Waals surface area contributed by atoms with E-state index < -0.39 is 0 Å². The fourth-order valence-corrected chi connectivity index (χ4v) is 1.05. The third kappa shape index (κ3) is 7.79. The molecule has 2 heteroatoms. The van der Waals surface area contributed by atoms with Gasteiger partial charge in [-0.2, -0.15) is 0 Å². The summed E-state index contributed by atoms with van der Waals surface area (Å²) in [6.45, 7) is 9.72. The first-order valence-corrected chi connectivity index (χ1v) is 4.34. The highest BCUT2D eigenvalue weighted by Gasteiger charge is 2.20. The van der Waals surface area contributed by atoms with Crippen molar-refractivity contribution in [3.05, 3.63) is 0 Å². The van der Waals surface area contributed by atoms with Crippen molar-refractivity contribution in [1.82, 2.24) is 5.32 Å². The summed E-state index contributed by atoms with van der Waals surface area (Å²) in [5.74, 6) is 0. The summed E-state index contributed by atoms with van der Waals surface area (Å²) in [6.07, 6.45) is 2.69. The lowest BCUT2D eigenvalue weighted by molar-refractivity contribution is 0.460. The first-order valence-electron chi connectivity index (χ1n) is 4.34.